The van der Waals surface area contributed by atoms with Crippen molar-refractivity contribution in [3.05, 3.63) is 64.5 Å². The molecule has 2 heterocycles. The van der Waals surface area contributed by atoms with E-state index in [0.717, 1.165) is 4.90 Å². The van der Waals surface area contributed by atoms with Crippen LogP contribution in [-0.4, -0.2) is 85.0 Å². The van der Waals surface area contributed by atoms with E-state index in [9.17, 15) is 29.0 Å². The summed E-state index contributed by atoms with van der Waals surface area (Å²) in [7, 11) is 3.01. The highest BCUT2D eigenvalue weighted by atomic mass is 19.1. The standard InChI is InChI=1S/C26H32BFN4O6/c1-29-24(35)25(36,8-3-11-33)32-16-20-19(23(32)34)4-2-5-22(20)30-15-17-14-18(6-7-21(17)28)26(27,37)31-9-12-38-13-10-31/h2,4-7,11,14,30,36-37H,3,8-10,12-13,15-16,27H2,1H3,(H,29,35). The number of nitrogens with zero attached hydrogens (tertiary/aromatic N) is 2. The molecule has 2 aromatic carbocycles. The lowest BCUT2D eigenvalue weighted by Crippen LogP contribution is -2.58. The van der Waals surface area contributed by atoms with E-state index >= 15 is 0 Å². The van der Waals surface area contributed by atoms with Crippen molar-refractivity contribution in [3.63, 3.8) is 0 Å². The zero-order chi connectivity index (χ0) is 27.5. The van der Waals surface area contributed by atoms with Crippen molar-refractivity contribution in [2.24, 2.45) is 0 Å². The first kappa shape index (κ1) is 27.7. The maximum absolute atomic E-state index is 14.8. The number of anilines is 1. The molecular formula is C26H32BFN4O6. The normalized spacial score (nSPS) is 18.8. The number of morpholine rings is 1. The number of aliphatic hydroxyl groups is 2. The third kappa shape index (κ3) is 5.17. The molecule has 12 heteroatoms. The highest BCUT2D eigenvalue weighted by molar-refractivity contribution is 6.14. The second kappa shape index (κ2) is 11.2. The summed E-state index contributed by atoms with van der Waals surface area (Å²) in [5, 5.41) is 27.9. The van der Waals surface area contributed by atoms with Crippen LogP contribution in [0.3, 0.4) is 0 Å². The Morgan fingerprint density at radius 3 is 2.66 bits per heavy atom. The number of aldehydes is 1. The van der Waals surface area contributed by atoms with Gasteiger partial charge in [-0.05, 0) is 29.8 Å². The molecule has 0 saturated carbocycles. The van der Waals surface area contributed by atoms with Crippen LogP contribution >= 0.6 is 0 Å². The molecule has 2 aliphatic rings. The first-order chi connectivity index (χ1) is 18.1. The van der Waals surface area contributed by atoms with Gasteiger partial charge in [0.15, 0.2) is 7.85 Å². The molecule has 4 rings (SSSR count). The molecule has 2 amide bonds. The van der Waals surface area contributed by atoms with E-state index in [4.69, 9.17) is 4.74 Å². The smallest absolute Gasteiger partial charge is 0.273 e. The summed E-state index contributed by atoms with van der Waals surface area (Å²) in [5.41, 5.74) is -1.26. The Labute approximate surface area is 221 Å². The van der Waals surface area contributed by atoms with Crippen LogP contribution in [0, 0.1) is 5.82 Å². The van der Waals surface area contributed by atoms with Crippen LogP contribution in [0.5, 0.6) is 0 Å². The third-order valence-electron chi connectivity index (χ3n) is 7.30. The first-order valence-corrected chi connectivity index (χ1v) is 12.5. The summed E-state index contributed by atoms with van der Waals surface area (Å²) in [6.07, 6.45) is 0.215. The van der Waals surface area contributed by atoms with Gasteiger partial charge in [0.25, 0.3) is 11.8 Å². The number of benzene rings is 2. The van der Waals surface area contributed by atoms with E-state index in [-0.39, 0.29) is 25.9 Å². The highest BCUT2D eigenvalue weighted by Crippen LogP contribution is 2.35. The summed E-state index contributed by atoms with van der Waals surface area (Å²) in [5.74, 6) is -1.79. The average molecular weight is 526 g/mol. The zero-order valence-electron chi connectivity index (χ0n) is 21.5. The highest BCUT2D eigenvalue weighted by Gasteiger charge is 2.48. The van der Waals surface area contributed by atoms with Crippen molar-refractivity contribution < 1.29 is 33.7 Å². The minimum Gasteiger partial charge on any atom is -0.381 e. The number of halogens is 1. The van der Waals surface area contributed by atoms with E-state index in [1.807, 2.05) is 4.90 Å². The first-order valence-electron chi connectivity index (χ1n) is 12.5. The lowest BCUT2D eigenvalue weighted by molar-refractivity contribution is -0.159. The molecule has 0 aliphatic carbocycles. The second-order valence-corrected chi connectivity index (χ2v) is 9.60. The molecule has 0 bridgehead atoms. The predicted octanol–water partition coefficient (Wildman–Crippen LogP) is -0.125. The molecule has 0 aromatic heterocycles. The quantitative estimate of drug-likeness (QED) is 0.249. The minimum atomic E-state index is -2.20. The van der Waals surface area contributed by atoms with Crippen molar-refractivity contribution in [1.82, 2.24) is 15.1 Å². The summed E-state index contributed by atoms with van der Waals surface area (Å²) < 4.78 is 20.1. The Hall–Kier alpha value is -3.32. The lowest BCUT2D eigenvalue weighted by Gasteiger charge is -2.40. The zero-order valence-corrected chi connectivity index (χ0v) is 21.5. The summed E-state index contributed by atoms with van der Waals surface area (Å²) in [4.78, 5) is 39.6. The molecule has 0 spiro atoms. The summed E-state index contributed by atoms with van der Waals surface area (Å²) in [6, 6.07) is 9.47. The summed E-state index contributed by atoms with van der Waals surface area (Å²) >= 11 is 0. The molecule has 202 valence electrons. The van der Waals surface area contributed by atoms with Gasteiger partial charge in [-0.2, -0.15) is 0 Å². The molecule has 38 heavy (non-hydrogen) atoms. The van der Waals surface area contributed by atoms with E-state index < -0.39 is 29.0 Å². The molecule has 1 fully saturated rings. The Kier molecular flexibility index (Phi) is 8.17. The maximum Gasteiger partial charge on any atom is 0.273 e. The number of carbonyl (C=O) groups is 3. The molecule has 2 aromatic rings. The fourth-order valence-electron chi connectivity index (χ4n) is 5.01. The molecule has 2 atom stereocenters. The summed E-state index contributed by atoms with van der Waals surface area (Å²) in [6.45, 7) is 2.10. The van der Waals surface area contributed by atoms with Crippen LogP contribution in [-0.2, 0) is 33.0 Å². The number of amides is 2. The number of rotatable bonds is 10. The van der Waals surface area contributed by atoms with Crippen molar-refractivity contribution in [2.75, 3.05) is 38.7 Å². The average Bonchev–Trinajstić information content (AvgIpc) is 3.28. The number of hydrogen-bond acceptors (Lipinski definition) is 8. The fraction of sp³-hybridized carbons (Fsp3) is 0.423. The minimum absolute atomic E-state index is 0.0639. The monoisotopic (exact) mass is 526 g/mol. The van der Waals surface area contributed by atoms with Crippen LogP contribution in [0.1, 0.15) is 39.9 Å². The molecule has 10 nitrogen and oxygen atoms in total. The Morgan fingerprint density at radius 2 is 1.97 bits per heavy atom. The molecule has 2 unspecified atom stereocenters. The van der Waals surface area contributed by atoms with Gasteiger partial charge < -0.3 is 30.4 Å². The Balaban J connectivity index is 1.56. The number of nitrogens with one attached hydrogen (secondary N) is 2. The van der Waals surface area contributed by atoms with E-state index in [2.05, 4.69) is 10.6 Å². The van der Waals surface area contributed by atoms with Gasteiger partial charge in [-0.15, -0.1) is 0 Å². The predicted molar refractivity (Wildman–Crippen MR) is 139 cm³/mol. The Bertz CT molecular complexity index is 1220. The number of ether oxygens (including phenoxy) is 1. The number of hydrogen-bond donors (Lipinski definition) is 4. The van der Waals surface area contributed by atoms with Crippen LogP contribution in [0.15, 0.2) is 36.4 Å². The number of likely N-dealkylation sites (N-methyl/N-ethyl adjacent to an activating group) is 1. The SMILES string of the molecule is BC(O)(c1ccc(F)c(CNc2cccc3c2CN(C(O)(CCC=O)C(=O)NC)C3=O)c1)N1CCOCC1. The third-order valence-corrected chi connectivity index (χ3v) is 7.30. The fourth-order valence-corrected chi connectivity index (χ4v) is 5.01. The largest absolute Gasteiger partial charge is 0.381 e. The van der Waals surface area contributed by atoms with Gasteiger partial charge in [0.2, 0.25) is 5.72 Å². The molecular weight excluding hydrogens is 494 g/mol. The van der Waals surface area contributed by atoms with Gasteiger partial charge >= 0.3 is 0 Å². The van der Waals surface area contributed by atoms with E-state index in [0.29, 0.717) is 60.5 Å². The van der Waals surface area contributed by atoms with Crippen LogP contribution in [0.4, 0.5) is 10.1 Å². The van der Waals surface area contributed by atoms with E-state index in [1.165, 1.54) is 13.1 Å². The van der Waals surface area contributed by atoms with Gasteiger partial charge in [0, 0.05) is 61.9 Å². The van der Waals surface area contributed by atoms with Crippen LogP contribution < -0.4 is 10.6 Å². The van der Waals surface area contributed by atoms with Gasteiger partial charge in [-0.1, -0.05) is 12.1 Å². The van der Waals surface area contributed by atoms with Gasteiger partial charge in [0.1, 0.15) is 17.7 Å². The van der Waals surface area contributed by atoms with Gasteiger partial charge in [-0.25, -0.2) is 4.39 Å². The maximum atomic E-state index is 14.8. The van der Waals surface area contributed by atoms with Gasteiger partial charge in [0.05, 0.1) is 19.8 Å². The van der Waals surface area contributed by atoms with Crippen LogP contribution in [0.2, 0.25) is 0 Å². The van der Waals surface area contributed by atoms with E-state index in [1.54, 1.807) is 38.2 Å². The van der Waals surface area contributed by atoms with Crippen molar-refractivity contribution in [3.8, 4) is 0 Å². The topological polar surface area (TPSA) is 131 Å². The van der Waals surface area contributed by atoms with Crippen LogP contribution in [0.25, 0.3) is 0 Å². The van der Waals surface area contributed by atoms with Crippen molar-refractivity contribution in [2.45, 2.75) is 37.3 Å². The number of carbonyl (C=O) groups excluding carboxylic acids is 3. The molecule has 1 saturated heterocycles. The Morgan fingerprint density at radius 1 is 1.24 bits per heavy atom. The van der Waals surface area contributed by atoms with Crippen molar-refractivity contribution >= 4 is 31.6 Å². The van der Waals surface area contributed by atoms with Gasteiger partial charge in [-0.3, -0.25) is 19.4 Å². The number of fused-ring (bicyclic) bond motifs is 1. The molecule has 2 aliphatic heterocycles. The van der Waals surface area contributed by atoms with Crippen molar-refractivity contribution in [1.29, 1.82) is 0 Å². The molecule has 0 radical (unpaired) electrons. The molecule has 4 N–H and O–H groups in total. The lowest BCUT2D eigenvalue weighted by atomic mass is 9.81. The second-order valence-electron chi connectivity index (χ2n) is 9.60.